The van der Waals surface area contributed by atoms with Crippen LogP contribution in [0.15, 0.2) is 24.4 Å². The number of piperidine rings is 1. The topological polar surface area (TPSA) is 92.3 Å². The minimum atomic E-state index is -0.720. The number of anilines is 1. The Morgan fingerprint density at radius 3 is 2.90 bits per heavy atom. The molecule has 104 valence electrons. The summed E-state index contributed by atoms with van der Waals surface area (Å²) in [5, 5.41) is 11.7. The van der Waals surface area contributed by atoms with Crippen LogP contribution < -0.4 is 10.2 Å². The molecule has 7 nitrogen and oxygen atoms in total. The van der Waals surface area contributed by atoms with Gasteiger partial charge < -0.3 is 0 Å². The maximum absolute atomic E-state index is 12.6. The van der Waals surface area contributed by atoms with E-state index in [0.29, 0.717) is 23.2 Å². The maximum atomic E-state index is 12.6. The van der Waals surface area contributed by atoms with Crippen molar-refractivity contribution < 1.29 is 14.4 Å². The lowest BCUT2D eigenvalue weighted by Gasteiger charge is -2.29. The molecule has 0 saturated carbocycles. The molecular weight excluding hydrogens is 272 g/mol. The zero-order valence-electron chi connectivity index (χ0n) is 10.9. The van der Waals surface area contributed by atoms with Crippen molar-refractivity contribution in [2.75, 3.05) is 4.90 Å². The molecule has 1 saturated heterocycles. The highest BCUT2D eigenvalue weighted by Crippen LogP contribution is 2.37. The smallest absolute Gasteiger partial charge is 0.261 e. The van der Waals surface area contributed by atoms with Crippen molar-refractivity contribution in [3.05, 3.63) is 30.0 Å². The molecule has 0 bridgehead atoms. The minimum absolute atomic E-state index is 0.208. The van der Waals surface area contributed by atoms with E-state index in [-0.39, 0.29) is 18.2 Å². The van der Waals surface area contributed by atoms with Gasteiger partial charge in [-0.25, -0.2) is 0 Å². The van der Waals surface area contributed by atoms with E-state index >= 15 is 0 Å². The third-order valence-corrected chi connectivity index (χ3v) is 3.87. The molecule has 21 heavy (non-hydrogen) atoms. The highest BCUT2D eigenvalue weighted by Gasteiger charge is 2.41. The van der Waals surface area contributed by atoms with Crippen molar-refractivity contribution >= 4 is 34.3 Å². The molecule has 3 amide bonds. The number of nitrogens with zero attached hydrogens (tertiary/aromatic N) is 3. The van der Waals surface area contributed by atoms with Gasteiger partial charge in [-0.15, -0.1) is 5.10 Å². The summed E-state index contributed by atoms with van der Waals surface area (Å²) in [6, 6.07) is 4.61. The van der Waals surface area contributed by atoms with Gasteiger partial charge >= 0.3 is 0 Å². The zero-order chi connectivity index (χ0) is 14.6. The van der Waals surface area contributed by atoms with E-state index in [2.05, 4.69) is 15.5 Å². The van der Waals surface area contributed by atoms with Crippen molar-refractivity contribution in [3.63, 3.8) is 0 Å². The average Bonchev–Trinajstić information content (AvgIpc) is 2.75. The Kier molecular flexibility index (Phi) is 2.32. The van der Waals surface area contributed by atoms with Crippen LogP contribution in [0.4, 0.5) is 5.82 Å². The fraction of sp³-hybridized carbons (Fsp3) is 0.214. The van der Waals surface area contributed by atoms with Crippen LogP contribution in [-0.4, -0.2) is 34.0 Å². The van der Waals surface area contributed by atoms with Gasteiger partial charge in [0.25, 0.3) is 5.91 Å². The number of hydrogen-bond donors (Lipinski definition) is 1. The molecule has 1 atom stereocenters. The Morgan fingerprint density at radius 1 is 1.24 bits per heavy atom. The lowest BCUT2D eigenvalue weighted by Crippen LogP contribution is -2.53. The van der Waals surface area contributed by atoms with Crippen LogP contribution >= 0.6 is 0 Å². The van der Waals surface area contributed by atoms with Crippen LogP contribution in [0.1, 0.15) is 23.2 Å². The Labute approximate surface area is 118 Å². The van der Waals surface area contributed by atoms with Crippen molar-refractivity contribution in [2.24, 2.45) is 0 Å². The molecule has 1 aromatic carbocycles. The molecule has 1 unspecified atom stereocenters. The van der Waals surface area contributed by atoms with Gasteiger partial charge in [-0.2, -0.15) is 5.10 Å². The summed E-state index contributed by atoms with van der Waals surface area (Å²) < 4.78 is 0. The lowest BCUT2D eigenvalue weighted by atomic mass is 10.0. The van der Waals surface area contributed by atoms with Gasteiger partial charge in [0.1, 0.15) is 6.04 Å². The first-order valence-electron chi connectivity index (χ1n) is 6.58. The largest absolute Gasteiger partial charge is 0.295 e. The molecule has 4 rings (SSSR count). The molecule has 2 aliphatic rings. The number of aromatic nitrogens is 2. The second-order valence-electron chi connectivity index (χ2n) is 5.08. The lowest BCUT2D eigenvalue weighted by molar-refractivity contribution is -0.134. The number of carbonyl (C=O) groups is 3. The predicted molar refractivity (Wildman–Crippen MR) is 72.5 cm³/mol. The summed E-state index contributed by atoms with van der Waals surface area (Å²) in [5.74, 6) is -0.663. The minimum Gasteiger partial charge on any atom is -0.295 e. The number of nitrogens with one attached hydrogen (secondary N) is 1. The fourth-order valence-corrected chi connectivity index (χ4v) is 2.91. The fourth-order valence-electron chi connectivity index (χ4n) is 2.91. The standard InChI is InChI=1S/C14H10N4O3/c19-10-5-4-9(13(20)16-10)18-12-11-7(6-15-17-12)2-1-3-8(11)14(18)21/h1-3,6,9H,4-5H2,(H,16,19,20). The molecule has 2 aliphatic heterocycles. The first-order valence-corrected chi connectivity index (χ1v) is 6.58. The molecule has 2 aromatic rings. The van der Waals surface area contributed by atoms with Crippen molar-refractivity contribution in [2.45, 2.75) is 18.9 Å². The second-order valence-corrected chi connectivity index (χ2v) is 5.08. The molecule has 1 N–H and O–H groups in total. The highest BCUT2D eigenvalue weighted by atomic mass is 16.2. The number of hydrogen-bond acceptors (Lipinski definition) is 5. The normalized spacial score (nSPS) is 21.0. The third-order valence-electron chi connectivity index (χ3n) is 3.87. The van der Waals surface area contributed by atoms with E-state index < -0.39 is 11.9 Å². The quantitative estimate of drug-likeness (QED) is 0.764. The maximum Gasteiger partial charge on any atom is 0.261 e. The average molecular weight is 282 g/mol. The van der Waals surface area contributed by atoms with E-state index in [1.807, 2.05) is 6.07 Å². The van der Waals surface area contributed by atoms with Crippen LogP contribution in [0.25, 0.3) is 10.8 Å². The van der Waals surface area contributed by atoms with E-state index in [1.165, 1.54) is 4.90 Å². The molecular formula is C14H10N4O3. The molecule has 1 fully saturated rings. The van der Waals surface area contributed by atoms with Gasteiger partial charge in [0.2, 0.25) is 11.8 Å². The summed E-state index contributed by atoms with van der Waals surface area (Å²) in [7, 11) is 0. The summed E-state index contributed by atoms with van der Waals surface area (Å²) >= 11 is 0. The highest BCUT2D eigenvalue weighted by molar-refractivity contribution is 6.26. The predicted octanol–water partition coefficient (Wildman–Crippen LogP) is 0.395. The van der Waals surface area contributed by atoms with Crippen LogP contribution in [0.2, 0.25) is 0 Å². The summed E-state index contributed by atoms with van der Waals surface area (Å²) in [6.07, 6.45) is 2.09. The second kappa shape index (κ2) is 4.08. The van der Waals surface area contributed by atoms with Crippen LogP contribution in [0.3, 0.4) is 0 Å². The molecule has 3 heterocycles. The Balaban J connectivity index is 1.86. The van der Waals surface area contributed by atoms with E-state index in [9.17, 15) is 14.4 Å². The van der Waals surface area contributed by atoms with Gasteiger partial charge in [0.15, 0.2) is 5.82 Å². The number of amides is 3. The van der Waals surface area contributed by atoms with Gasteiger partial charge in [0.05, 0.1) is 11.8 Å². The monoisotopic (exact) mass is 282 g/mol. The van der Waals surface area contributed by atoms with Crippen LogP contribution in [0.5, 0.6) is 0 Å². The summed E-state index contributed by atoms with van der Waals surface area (Å²) in [5.41, 5.74) is 0.516. The number of rotatable bonds is 1. The van der Waals surface area contributed by atoms with Crippen LogP contribution in [-0.2, 0) is 9.59 Å². The Hall–Kier alpha value is -2.83. The van der Waals surface area contributed by atoms with Gasteiger partial charge in [0, 0.05) is 17.2 Å². The molecule has 1 aromatic heterocycles. The van der Waals surface area contributed by atoms with Crippen molar-refractivity contribution in [1.82, 2.24) is 15.5 Å². The Bertz CT molecular complexity index is 812. The number of imide groups is 1. The summed E-state index contributed by atoms with van der Waals surface area (Å²) in [4.78, 5) is 37.2. The van der Waals surface area contributed by atoms with E-state index in [1.54, 1.807) is 18.3 Å². The molecule has 0 radical (unpaired) electrons. The van der Waals surface area contributed by atoms with Gasteiger partial charge in [-0.3, -0.25) is 24.6 Å². The third kappa shape index (κ3) is 1.57. The first-order chi connectivity index (χ1) is 10.2. The van der Waals surface area contributed by atoms with E-state index in [0.717, 1.165) is 5.39 Å². The van der Waals surface area contributed by atoms with Crippen molar-refractivity contribution in [1.29, 1.82) is 0 Å². The molecule has 0 spiro atoms. The first kappa shape index (κ1) is 12.0. The van der Waals surface area contributed by atoms with Gasteiger partial charge in [-0.1, -0.05) is 12.1 Å². The summed E-state index contributed by atoms with van der Waals surface area (Å²) in [6.45, 7) is 0. The number of carbonyl (C=O) groups excluding carboxylic acids is 3. The van der Waals surface area contributed by atoms with Gasteiger partial charge in [-0.05, 0) is 12.5 Å². The van der Waals surface area contributed by atoms with Crippen molar-refractivity contribution in [3.8, 4) is 0 Å². The molecule has 0 aliphatic carbocycles. The molecule has 7 heteroatoms. The van der Waals surface area contributed by atoms with Crippen LogP contribution in [0, 0.1) is 0 Å². The Morgan fingerprint density at radius 2 is 2.10 bits per heavy atom. The zero-order valence-corrected chi connectivity index (χ0v) is 10.9. The SMILES string of the molecule is O=C1CCC(N2C(=O)c3cccc4cnnc2c34)C(=O)N1. The number of benzene rings is 1. The van der Waals surface area contributed by atoms with E-state index in [4.69, 9.17) is 0 Å².